The van der Waals surface area contributed by atoms with E-state index in [2.05, 4.69) is 0 Å². The number of carbonyl (C=O) groups excluding carboxylic acids is 5. The van der Waals surface area contributed by atoms with Gasteiger partial charge in [0.1, 0.15) is 18.2 Å². The van der Waals surface area contributed by atoms with Crippen molar-refractivity contribution in [3.05, 3.63) is 47.6 Å². The third kappa shape index (κ3) is 14.3. The fourth-order valence-electron chi connectivity index (χ4n) is 10.1. The maximum Gasteiger partial charge on any atom is 0.329 e. The molecule has 1 saturated carbocycles. The largest absolute Gasteiger partial charge is 0.460 e. The molecule has 0 aromatic heterocycles. The molecule has 3 heterocycles. The summed E-state index contributed by atoms with van der Waals surface area (Å²) in [6.45, 7) is 12.7. The van der Waals surface area contributed by atoms with Crippen molar-refractivity contribution in [1.29, 1.82) is 0 Å². The molecule has 3 N–H and O–H groups in total. The highest BCUT2D eigenvalue weighted by molar-refractivity contribution is 6.39. The number of piperidine rings is 1. The van der Waals surface area contributed by atoms with Gasteiger partial charge in [0.2, 0.25) is 5.79 Å². The number of ketones is 3. The van der Waals surface area contributed by atoms with Gasteiger partial charge in [-0.25, -0.2) is 4.79 Å². The fraction of sp³-hybridized carbons (Fsp3) is 0.745. The summed E-state index contributed by atoms with van der Waals surface area (Å²) < 4.78 is 29.4. The van der Waals surface area contributed by atoms with Crippen LogP contribution in [-0.4, -0.2) is 132 Å². The molecule has 0 spiro atoms. The van der Waals surface area contributed by atoms with Gasteiger partial charge >= 0.3 is 5.97 Å². The van der Waals surface area contributed by atoms with Gasteiger partial charge in [-0.15, -0.1) is 0 Å². The highest BCUT2D eigenvalue weighted by atomic mass is 16.6. The lowest BCUT2D eigenvalue weighted by Gasteiger charge is -2.42. The average molecular weight is 914 g/mol. The van der Waals surface area contributed by atoms with E-state index in [1.54, 1.807) is 41.1 Å². The molecule has 0 aromatic carbocycles. The van der Waals surface area contributed by atoms with Crippen LogP contribution in [-0.2, 0) is 47.7 Å². The number of nitrogens with zero attached hydrogens (tertiary/aromatic N) is 1. The van der Waals surface area contributed by atoms with Crippen LogP contribution in [0.15, 0.2) is 47.6 Å². The van der Waals surface area contributed by atoms with E-state index in [1.807, 2.05) is 58.1 Å². The normalized spacial score (nSPS) is 37.8. The number of cyclic esters (lactones) is 1. The number of Topliss-reactive ketones (excluding diaryl/α,β-unsaturated/α-hetero) is 3. The highest BCUT2D eigenvalue weighted by Crippen LogP contribution is 2.38. The van der Waals surface area contributed by atoms with Gasteiger partial charge in [0, 0.05) is 58.5 Å². The van der Waals surface area contributed by atoms with Crippen LogP contribution >= 0.6 is 0 Å². The maximum absolute atomic E-state index is 14.4. The molecule has 2 saturated heterocycles. The number of ether oxygens (including phenoxy) is 5. The molecule has 3 unspecified atom stereocenters. The molecule has 0 radical (unpaired) electrons. The van der Waals surface area contributed by atoms with E-state index in [0.29, 0.717) is 63.4 Å². The lowest BCUT2D eigenvalue weighted by molar-refractivity contribution is -0.265. The number of carbonyl (C=O) groups is 5. The first-order valence-corrected chi connectivity index (χ1v) is 23.9. The monoisotopic (exact) mass is 914 g/mol. The molecule has 0 aromatic rings. The Bertz CT molecular complexity index is 1760. The Labute approximate surface area is 387 Å². The Morgan fingerprint density at radius 2 is 1.58 bits per heavy atom. The van der Waals surface area contributed by atoms with Gasteiger partial charge in [0.05, 0.1) is 30.5 Å². The molecule has 1 aliphatic carbocycles. The first-order valence-electron chi connectivity index (χ1n) is 23.9. The smallest absolute Gasteiger partial charge is 0.329 e. The van der Waals surface area contributed by atoms with Crippen LogP contribution in [0.5, 0.6) is 0 Å². The fourth-order valence-corrected chi connectivity index (χ4v) is 10.1. The topological polar surface area (TPSA) is 195 Å². The van der Waals surface area contributed by atoms with Gasteiger partial charge in [-0.05, 0) is 107 Å². The second-order valence-corrected chi connectivity index (χ2v) is 19.6. The quantitative estimate of drug-likeness (QED) is 0.202. The van der Waals surface area contributed by atoms with Crippen LogP contribution in [0.25, 0.3) is 0 Å². The molecule has 4 aliphatic rings. The van der Waals surface area contributed by atoms with Crippen LogP contribution in [0.1, 0.15) is 126 Å². The maximum atomic E-state index is 14.4. The Morgan fingerprint density at radius 1 is 0.862 bits per heavy atom. The van der Waals surface area contributed by atoms with Crippen LogP contribution in [0.2, 0.25) is 0 Å². The van der Waals surface area contributed by atoms with Crippen LogP contribution in [0.4, 0.5) is 0 Å². The van der Waals surface area contributed by atoms with Crippen molar-refractivity contribution >= 4 is 29.2 Å². The minimum Gasteiger partial charge on any atom is -0.460 e. The predicted octanol–water partition coefficient (Wildman–Crippen LogP) is 6.18. The van der Waals surface area contributed by atoms with Crippen molar-refractivity contribution in [2.75, 3.05) is 27.9 Å². The van der Waals surface area contributed by atoms with Crippen LogP contribution in [0.3, 0.4) is 0 Å². The van der Waals surface area contributed by atoms with E-state index in [9.17, 15) is 39.3 Å². The Kier molecular flexibility index (Phi) is 21.0. The number of rotatable bonds is 6. The number of hydrogen-bond acceptors (Lipinski definition) is 13. The SMILES string of the molecule is COC1C(=O)[C@H](C)C[C@H](C)C=CC=CC=C(C)[C@@H](OC)C[C@@H]2CC[C@@H](C)[C@@](O)(O2)C(=O)C(=O)N2CCCC[C@H]2C(=O)O[C@H]([C@H](C)C[C@@H]2CC[C@H](O)C(OC)C2)CC(=O)C(C)=CC(C)[C@H]1O. The average Bonchev–Trinajstić information content (AvgIpc) is 3.28. The number of methoxy groups -OCH3 is 3. The Hall–Kier alpha value is -3.37. The molecular weight excluding hydrogens is 835 g/mol. The zero-order valence-electron chi connectivity index (χ0n) is 40.6. The van der Waals surface area contributed by atoms with Crippen molar-refractivity contribution in [3.63, 3.8) is 0 Å². The minimum absolute atomic E-state index is 0.0220. The van der Waals surface area contributed by atoms with Crippen molar-refractivity contribution in [2.24, 2.45) is 35.5 Å². The number of amides is 1. The van der Waals surface area contributed by atoms with Crippen molar-refractivity contribution in [2.45, 2.75) is 180 Å². The summed E-state index contributed by atoms with van der Waals surface area (Å²) in [5, 5.41) is 33.9. The summed E-state index contributed by atoms with van der Waals surface area (Å²) in [7, 11) is 4.53. The lowest BCUT2D eigenvalue weighted by Crippen LogP contribution is -2.61. The Balaban J connectivity index is 1.70. The van der Waals surface area contributed by atoms with E-state index >= 15 is 0 Å². The lowest BCUT2D eigenvalue weighted by atomic mass is 9.78. The number of aliphatic hydroxyl groups is 3. The molecule has 2 bridgehead atoms. The van der Waals surface area contributed by atoms with E-state index in [0.717, 1.165) is 12.0 Å². The second kappa shape index (κ2) is 25.1. The second-order valence-electron chi connectivity index (χ2n) is 19.6. The number of allylic oxidation sites excluding steroid dienone is 6. The van der Waals surface area contributed by atoms with Gasteiger partial charge in [-0.3, -0.25) is 19.2 Å². The van der Waals surface area contributed by atoms with Gasteiger partial charge in [-0.2, -0.15) is 0 Å². The van der Waals surface area contributed by atoms with Gasteiger partial charge in [-0.1, -0.05) is 71.1 Å². The number of fused-ring (bicyclic) bond motifs is 3. The van der Waals surface area contributed by atoms with Gasteiger partial charge in [0.25, 0.3) is 11.7 Å². The molecule has 1 amide bonds. The van der Waals surface area contributed by atoms with Crippen molar-refractivity contribution in [1.82, 2.24) is 4.90 Å². The van der Waals surface area contributed by atoms with Crippen molar-refractivity contribution < 1.29 is 63.0 Å². The zero-order chi connectivity index (χ0) is 48.2. The first-order chi connectivity index (χ1) is 30.7. The number of hydrogen-bond donors (Lipinski definition) is 3. The molecule has 4 rings (SSSR count). The summed E-state index contributed by atoms with van der Waals surface area (Å²) in [5.74, 6) is -7.93. The molecule has 14 nitrogen and oxygen atoms in total. The molecule has 3 fully saturated rings. The number of esters is 1. The summed E-state index contributed by atoms with van der Waals surface area (Å²) >= 11 is 0. The van der Waals surface area contributed by atoms with E-state index in [4.69, 9.17) is 23.7 Å². The third-order valence-electron chi connectivity index (χ3n) is 14.5. The van der Waals surface area contributed by atoms with Crippen LogP contribution in [0, 0.1) is 35.5 Å². The third-order valence-corrected chi connectivity index (χ3v) is 14.5. The molecule has 366 valence electrons. The van der Waals surface area contributed by atoms with E-state index in [1.165, 1.54) is 12.0 Å². The molecular formula is C51H79NO13. The predicted molar refractivity (Wildman–Crippen MR) is 245 cm³/mol. The summed E-state index contributed by atoms with van der Waals surface area (Å²) in [4.78, 5) is 71.7. The molecule has 65 heavy (non-hydrogen) atoms. The number of aliphatic hydroxyl groups excluding tert-OH is 2. The molecule has 3 aliphatic heterocycles. The van der Waals surface area contributed by atoms with Gasteiger partial charge < -0.3 is 43.9 Å². The van der Waals surface area contributed by atoms with E-state index < -0.39 is 83.9 Å². The summed E-state index contributed by atoms with van der Waals surface area (Å²) in [6, 6.07) is -1.14. The standard InChI is InChI=1S/C51H79NO13/c1-30-16-12-11-13-17-31(2)42(61-8)28-38-21-19-36(7)51(60,65-38)48(57)49(58)52-23-15-14-18-39(52)50(59)64-43(33(4)26-37-20-22-40(53)44(27-37)62-9)29-41(54)32(3)25-35(6)46(56)47(63-10)45(55)34(5)24-30/h11-13,16-17,25,30,33-40,42-44,46-47,53,56,60H,14-15,18-24,26-29H2,1-10H3/t30-,33-,34-,35?,36-,37+,38+,39+,40+,42+,43+,44?,46-,47?,51-/m1/s1. The summed E-state index contributed by atoms with van der Waals surface area (Å²) in [5.41, 5.74) is 1.19. The van der Waals surface area contributed by atoms with Crippen LogP contribution < -0.4 is 0 Å². The van der Waals surface area contributed by atoms with Crippen molar-refractivity contribution in [3.8, 4) is 0 Å². The summed E-state index contributed by atoms with van der Waals surface area (Å²) in [6.07, 6.45) is 11.2. The molecule has 14 heteroatoms. The van der Waals surface area contributed by atoms with E-state index in [-0.39, 0.29) is 54.8 Å². The molecule has 15 atom stereocenters. The minimum atomic E-state index is -2.43. The highest BCUT2D eigenvalue weighted by Gasteiger charge is 2.53. The van der Waals surface area contributed by atoms with Gasteiger partial charge in [0.15, 0.2) is 11.6 Å². The Morgan fingerprint density at radius 3 is 2.26 bits per heavy atom. The zero-order valence-corrected chi connectivity index (χ0v) is 40.6. The first kappa shape index (κ1) is 54.2.